The molecule has 2 heterocycles. The van der Waals surface area contributed by atoms with E-state index in [0.29, 0.717) is 12.2 Å². The molecule has 0 saturated carbocycles. The van der Waals surface area contributed by atoms with Crippen molar-refractivity contribution in [3.8, 4) is 0 Å². The maximum Gasteiger partial charge on any atom is 0.360 e. The van der Waals surface area contributed by atoms with Crippen LogP contribution in [-0.2, 0) is 22.4 Å². The van der Waals surface area contributed by atoms with Crippen LogP contribution in [0.4, 0.5) is 0 Å². The van der Waals surface area contributed by atoms with Crippen molar-refractivity contribution >= 4 is 5.97 Å². The van der Waals surface area contributed by atoms with Crippen molar-refractivity contribution in [2.75, 3.05) is 7.11 Å². The third-order valence-corrected chi connectivity index (χ3v) is 3.63. The molecule has 6 heteroatoms. The van der Waals surface area contributed by atoms with Crippen LogP contribution in [0.3, 0.4) is 0 Å². The van der Waals surface area contributed by atoms with Crippen molar-refractivity contribution in [2.24, 2.45) is 0 Å². The van der Waals surface area contributed by atoms with Crippen LogP contribution in [0.15, 0.2) is 0 Å². The van der Waals surface area contributed by atoms with Crippen LogP contribution in [0, 0.1) is 0 Å². The Labute approximate surface area is 119 Å². The van der Waals surface area contributed by atoms with E-state index in [2.05, 4.69) is 31.1 Å². The number of rotatable bonds is 5. The van der Waals surface area contributed by atoms with Gasteiger partial charge in [0.05, 0.1) is 31.1 Å². The van der Waals surface area contributed by atoms with E-state index in [1.54, 1.807) is 4.68 Å². The van der Waals surface area contributed by atoms with Gasteiger partial charge < -0.3 is 9.47 Å². The van der Waals surface area contributed by atoms with Gasteiger partial charge in [-0.3, -0.25) is 0 Å². The molecule has 1 saturated heterocycles. The molecule has 0 aliphatic carbocycles. The fourth-order valence-corrected chi connectivity index (χ4v) is 2.62. The number of nitrogens with zero attached hydrogens (tertiary/aromatic N) is 3. The largest absolute Gasteiger partial charge is 0.464 e. The topological polar surface area (TPSA) is 66.2 Å². The number of methoxy groups -OCH3 is 1. The summed E-state index contributed by atoms with van der Waals surface area (Å²) in [6.07, 6.45) is 3.86. The van der Waals surface area contributed by atoms with E-state index in [1.165, 1.54) is 7.11 Å². The third-order valence-electron chi connectivity index (χ3n) is 3.63. The van der Waals surface area contributed by atoms with Gasteiger partial charge in [-0.1, -0.05) is 18.6 Å². The fraction of sp³-hybridized carbons (Fsp3) is 0.786. The van der Waals surface area contributed by atoms with Gasteiger partial charge in [-0.05, 0) is 33.1 Å². The van der Waals surface area contributed by atoms with Crippen LogP contribution in [-0.4, -0.2) is 39.8 Å². The maximum absolute atomic E-state index is 11.7. The smallest absolute Gasteiger partial charge is 0.360 e. The second-order valence-corrected chi connectivity index (χ2v) is 5.85. The minimum absolute atomic E-state index is 0.0681. The molecule has 1 aromatic heterocycles. The zero-order chi connectivity index (χ0) is 14.8. The van der Waals surface area contributed by atoms with E-state index < -0.39 is 5.97 Å². The lowest BCUT2D eigenvalue weighted by atomic mass is 10.1. The van der Waals surface area contributed by atoms with Crippen LogP contribution >= 0.6 is 0 Å². The number of hydrogen-bond donors (Lipinski definition) is 0. The zero-order valence-electron chi connectivity index (χ0n) is 12.7. The summed E-state index contributed by atoms with van der Waals surface area (Å²) >= 11 is 0. The summed E-state index contributed by atoms with van der Waals surface area (Å²) in [4.78, 5) is 11.7. The number of hydrogen-bond acceptors (Lipinski definition) is 5. The summed E-state index contributed by atoms with van der Waals surface area (Å²) in [5.41, 5.74) is 1.10. The SMILES string of the molecule is CCCc1c(C(=O)OC)nnn1CC1CCC(C)(C)O1. The summed E-state index contributed by atoms with van der Waals surface area (Å²) in [7, 11) is 1.36. The lowest BCUT2D eigenvalue weighted by molar-refractivity contribution is -0.0234. The Kier molecular flexibility index (Phi) is 4.42. The maximum atomic E-state index is 11.7. The van der Waals surface area contributed by atoms with E-state index in [1.807, 2.05) is 0 Å². The highest BCUT2D eigenvalue weighted by Crippen LogP contribution is 2.30. The molecule has 1 fully saturated rings. The minimum Gasteiger partial charge on any atom is -0.464 e. The van der Waals surface area contributed by atoms with Gasteiger partial charge in [-0.25, -0.2) is 9.48 Å². The average molecular weight is 281 g/mol. The Hall–Kier alpha value is -1.43. The Morgan fingerprint density at radius 3 is 2.85 bits per heavy atom. The Bertz CT molecular complexity index is 482. The molecule has 0 amide bonds. The number of ether oxygens (including phenoxy) is 2. The monoisotopic (exact) mass is 281 g/mol. The summed E-state index contributed by atoms with van der Waals surface area (Å²) in [5, 5.41) is 8.07. The summed E-state index contributed by atoms with van der Waals surface area (Å²) < 4.78 is 12.5. The zero-order valence-corrected chi connectivity index (χ0v) is 12.7. The molecule has 112 valence electrons. The second kappa shape index (κ2) is 5.91. The highest BCUT2D eigenvalue weighted by Gasteiger charge is 2.32. The van der Waals surface area contributed by atoms with Crippen molar-refractivity contribution < 1.29 is 14.3 Å². The van der Waals surface area contributed by atoms with Gasteiger partial charge in [0, 0.05) is 0 Å². The Balaban J connectivity index is 2.15. The minimum atomic E-state index is -0.424. The van der Waals surface area contributed by atoms with Gasteiger partial charge in [0.2, 0.25) is 0 Å². The van der Waals surface area contributed by atoms with E-state index in [4.69, 9.17) is 9.47 Å². The summed E-state index contributed by atoms with van der Waals surface area (Å²) in [6, 6.07) is 0. The van der Waals surface area contributed by atoms with Crippen molar-refractivity contribution in [3.05, 3.63) is 11.4 Å². The van der Waals surface area contributed by atoms with Crippen molar-refractivity contribution in [2.45, 2.75) is 64.7 Å². The van der Waals surface area contributed by atoms with E-state index >= 15 is 0 Å². The van der Waals surface area contributed by atoms with Crippen molar-refractivity contribution in [1.29, 1.82) is 0 Å². The molecule has 1 aromatic rings. The normalized spacial score (nSPS) is 21.1. The molecule has 0 aromatic carbocycles. The highest BCUT2D eigenvalue weighted by atomic mass is 16.5. The van der Waals surface area contributed by atoms with E-state index in [-0.39, 0.29) is 11.7 Å². The lowest BCUT2D eigenvalue weighted by Crippen LogP contribution is -2.24. The van der Waals surface area contributed by atoms with E-state index in [9.17, 15) is 4.79 Å². The molecular formula is C14H23N3O3. The molecule has 0 bridgehead atoms. The molecule has 2 rings (SSSR count). The fourth-order valence-electron chi connectivity index (χ4n) is 2.62. The lowest BCUT2D eigenvalue weighted by Gasteiger charge is -2.19. The molecular weight excluding hydrogens is 258 g/mol. The number of esters is 1. The molecule has 0 radical (unpaired) electrons. The van der Waals surface area contributed by atoms with Gasteiger partial charge in [-0.2, -0.15) is 0 Å². The van der Waals surface area contributed by atoms with Crippen molar-refractivity contribution in [1.82, 2.24) is 15.0 Å². The highest BCUT2D eigenvalue weighted by molar-refractivity contribution is 5.88. The predicted molar refractivity (Wildman–Crippen MR) is 73.5 cm³/mol. The molecule has 6 nitrogen and oxygen atoms in total. The number of carbonyl (C=O) groups excluding carboxylic acids is 1. The van der Waals surface area contributed by atoms with Gasteiger partial charge in [0.1, 0.15) is 0 Å². The molecule has 1 atom stereocenters. The first-order chi connectivity index (χ1) is 9.46. The van der Waals surface area contributed by atoms with Gasteiger partial charge in [-0.15, -0.1) is 5.10 Å². The molecule has 1 unspecified atom stereocenters. The standard InChI is InChI=1S/C14H23N3O3/c1-5-6-11-12(13(18)19-4)15-16-17(11)9-10-7-8-14(2,3)20-10/h10H,5-9H2,1-4H3. The van der Waals surface area contributed by atoms with Crippen LogP contribution < -0.4 is 0 Å². The first-order valence-electron chi connectivity index (χ1n) is 7.15. The number of aromatic nitrogens is 3. The predicted octanol–water partition coefficient (Wildman–Crippen LogP) is 1.97. The first kappa shape index (κ1) is 15.0. The van der Waals surface area contributed by atoms with Crippen LogP contribution in [0.1, 0.15) is 56.2 Å². The average Bonchev–Trinajstić information content (AvgIpc) is 2.94. The Morgan fingerprint density at radius 2 is 2.30 bits per heavy atom. The van der Waals surface area contributed by atoms with Gasteiger partial charge >= 0.3 is 5.97 Å². The molecule has 0 spiro atoms. The first-order valence-corrected chi connectivity index (χ1v) is 7.15. The quantitative estimate of drug-likeness (QED) is 0.772. The summed E-state index contributed by atoms with van der Waals surface area (Å²) in [6.45, 7) is 6.90. The number of carbonyl (C=O) groups is 1. The van der Waals surface area contributed by atoms with Crippen LogP contribution in [0.25, 0.3) is 0 Å². The Morgan fingerprint density at radius 1 is 1.55 bits per heavy atom. The molecule has 1 aliphatic rings. The van der Waals surface area contributed by atoms with Gasteiger partial charge in [0.15, 0.2) is 5.69 Å². The molecule has 0 N–H and O–H groups in total. The molecule has 1 aliphatic heterocycles. The second-order valence-electron chi connectivity index (χ2n) is 5.85. The van der Waals surface area contributed by atoms with Crippen molar-refractivity contribution in [3.63, 3.8) is 0 Å². The van der Waals surface area contributed by atoms with Crippen LogP contribution in [0.5, 0.6) is 0 Å². The van der Waals surface area contributed by atoms with Crippen LogP contribution in [0.2, 0.25) is 0 Å². The van der Waals surface area contributed by atoms with E-state index in [0.717, 1.165) is 31.4 Å². The molecule has 20 heavy (non-hydrogen) atoms. The van der Waals surface area contributed by atoms with Gasteiger partial charge in [0.25, 0.3) is 0 Å². The third kappa shape index (κ3) is 3.17. The summed E-state index contributed by atoms with van der Waals surface area (Å²) in [5.74, 6) is -0.424.